The molecule has 4 nitrogen and oxygen atoms in total. The van der Waals surface area contributed by atoms with E-state index in [9.17, 15) is 23.1 Å². The number of rotatable bonds is 3. The average Bonchev–Trinajstić information content (AvgIpc) is 2.77. The summed E-state index contributed by atoms with van der Waals surface area (Å²) >= 11 is 5.83. The van der Waals surface area contributed by atoms with Gasteiger partial charge in [0.2, 0.25) is 0 Å². The normalized spacial score (nSPS) is 22.8. The molecule has 22 heavy (non-hydrogen) atoms. The third-order valence-electron chi connectivity index (χ3n) is 3.77. The van der Waals surface area contributed by atoms with Crippen molar-refractivity contribution in [2.24, 2.45) is 0 Å². The van der Waals surface area contributed by atoms with Crippen molar-refractivity contribution in [1.82, 2.24) is 10.2 Å². The van der Waals surface area contributed by atoms with Crippen LogP contribution in [0.3, 0.4) is 0 Å². The molecule has 0 spiro atoms. The number of hydrogen-bond donors (Lipinski definition) is 2. The van der Waals surface area contributed by atoms with Crippen LogP contribution in [-0.4, -0.2) is 48.2 Å². The minimum atomic E-state index is -4.53. The first-order valence-electron chi connectivity index (χ1n) is 6.71. The molecular formula is C14H16ClF3N2O2. The minimum Gasteiger partial charge on any atom is -0.395 e. The molecule has 2 N–H and O–H groups in total. The Morgan fingerprint density at radius 1 is 1.50 bits per heavy atom. The molecule has 0 bridgehead atoms. The smallest absolute Gasteiger partial charge is 0.395 e. The second-order valence-electron chi connectivity index (χ2n) is 5.37. The molecule has 1 fully saturated rings. The molecule has 1 aliphatic rings. The van der Waals surface area contributed by atoms with Gasteiger partial charge >= 0.3 is 6.18 Å². The highest BCUT2D eigenvalue weighted by atomic mass is 35.5. The molecule has 0 saturated carbocycles. The Kier molecular flexibility index (Phi) is 4.99. The monoisotopic (exact) mass is 336 g/mol. The largest absolute Gasteiger partial charge is 0.416 e. The molecule has 1 aromatic rings. The highest BCUT2D eigenvalue weighted by Gasteiger charge is 2.33. The lowest BCUT2D eigenvalue weighted by molar-refractivity contribution is -0.137. The van der Waals surface area contributed by atoms with E-state index in [-0.39, 0.29) is 29.3 Å². The standard InChI is InChI=1S/C14H16ClF3N2O2/c1-20-6-9(5-10(20)7-21)19-13(22)11-4-8(14(16,17)18)2-3-12(11)15/h2-4,9-10,21H,5-7H2,1H3,(H,19,22)/t9-,10+/m1/s1. The fourth-order valence-electron chi connectivity index (χ4n) is 2.54. The topological polar surface area (TPSA) is 52.6 Å². The van der Waals surface area contributed by atoms with E-state index in [4.69, 9.17) is 11.6 Å². The maximum atomic E-state index is 12.7. The van der Waals surface area contributed by atoms with Crippen LogP contribution in [0.1, 0.15) is 22.3 Å². The first-order chi connectivity index (χ1) is 10.2. The van der Waals surface area contributed by atoms with Gasteiger partial charge in [0.1, 0.15) is 0 Å². The zero-order valence-electron chi connectivity index (χ0n) is 11.8. The molecule has 8 heteroatoms. The quantitative estimate of drug-likeness (QED) is 0.889. The van der Waals surface area contributed by atoms with Gasteiger partial charge in [-0.1, -0.05) is 11.6 Å². The first-order valence-corrected chi connectivity index (χ1v) is 7.09. The molecule has 0 radical (unpaired) electrons. The molecule has 1 aromatic carbocycles. The van der Waals surface area contributed by atoms with Gasteiger partial charge in [0.05, 0.1) is 22.8 Å². The van der Waals surface area contributed by atoms with Crippen molar-refractivity contribution in [2.45, 2.75) is 24.7 Å². The predicted molar refractivity (Wildman–Crippen MR) is 75.8 cm³/mol. The van der Waals surface area contributed by atoms with E-state index in [1.54, 1.807) is 0 Å². The second kappa shape index (κ2) is 6.44. The molecular weight excluding hydrogens is 321 g/mol. The van der Waals surface area contributed by atoms with Gasteiger partial charge in [-0.15, -0.1) is 0 Å². The molecule has 122 valence electrons. The molecule has 1 heterocycles. The summed E-state index contributed by atoms with van der Waals surface area (Å²) in [4.78, 5) is 14.0. The van der Waals surface area contributed by atoms with Crippen LogP contribution < -0.4 is 5.32 Å². The van der Waals surface area contributed by atoms with Crippen LogP contribution in [0.4, 0.5) is 13.2 Å². The number of likely N-dealkylation sites (N-methyl/N-ethyl adjacent to an activating group) is 1. The lowest BCUT2D eigenvalue weighted by Crippen LogP contribution is -2.36. The van der Waals surface area contributed by atoms with Crippen LogP contribution in [0.15, 0.2) is 18.2 Å². The van der Waals surface area contributed by atoms with Crippen LogP contribution >= 0.6 is 11.6 Å². The van der Waals surface area contributed by atoms with Crippen molar-refractivity contribution in [3.05, 3.63) is 34.3 Å². The highest BCUT2D eigenvalue weighted by Crippen LogP contribution is 2.31. The van der Waals surface area contributed by atoms with Gasteiger partial charge in [0.25, 0.3) is 5.91 Å². The fourth-order valence-corrected chi connectivity index (χ4v) is 2.74. The SMILES string of the molecule is CN1C[C@H](NC(=O)c2cc(C(F)(F)F)ccc2Cl)C[C@H]1CO. The summed E-state index contributed by atoms with van der Waals surface area (Å²) in [7, 11) is 1.81. The number of halogens is 4. The van der Waals surface area contributed by atoms with E-state index in [1.165, 1.54) is 0 Å². The Labute approximate surface area is 130 Å². The van der Waals surface area contributed by atoms with Crippen molar-refractivity contribution in [3.63, 3.8) is 0 Å². The number of alkyl halides is 3. The summed E-state index contributed by atoms with van der Waals surface area (Å²) in [6, 6.07) is 2.35. The number of nitrogens with one attached hydrogen (secondary N) is 1. The van der Waals surface area contributed by atoms with E-state index in [1.807, 2.05) is 11.9 Å². The van der Waals surface area contributed by atoms with Gasteiger partial charge in [-0.2, -0.15) is 13.2 Å². The Bertz CT molecular complexity index is 566. The summed E-state index contributed by atoms with van der Waals surface area (Å²) in [5.41, 5.74) is -1.12. The number of hydrogen-bond acceptors (Lipinski definition) is 3. The zero-order chi connectivity index (χ0) is 16.5. The second-order valence-corrected chi connectivity index (χ2v) is 5.78. The number of aliphatic hydroxyl groups is 1. The van der Waals surface area contributed by atoms with Crippen LogP contribution in [0.5, 0.6) is 0 Å². The molecule has 0 aliphatic carbocycles. The van der Waals surface area contributed by atoms with Gasteiger partial charge in [-0.25, -0.2) is 0 Å². The van der Waals surface area contributed by atoms with Crippen LogP contribution in [0, 0.1) is 0 Å². The molecule has 1 saturated heterocycles. The van der Waals surface area contributed by atoms with E-state index in [2.05, 4.69) is 5.32 Å². The lowest BCUT2D eigenvalue weighted by Gasteiger charge is -2.15. The number of aliphatic hydroxyl groups excluding tert-OH is 1. The summed E-state index contributed by atoms with van der Waals surface area (Å²) < 4.78 is 38.1. The maximum Gasteiger partial charge on any atom is 0.416 e. The third kappa shape index (κ3) is 3.71. The number of benzene rings is 1. The summed E-state index contributed by atoms with van der Waals surface area (Å²) in [6.45, 7) is 0.487. The molecule has 1 amide bonds. The lowest BCUT2D eigenvalue weighted by atomic mass is 10.1. The number of amides is 1. The predicted octanol–water partition coefficient (Wildman–Crippen LogP) is 2.15. The third-order valence-corrected chi connectivity index (χ3v) is 4.10. The van der Waals surface area contributed by atoms with Gasteiger partial charge in [0, 0.05) is 18.6 Å². The van der Waals surface area contributed by atoms with Gasteiger partial charge in [-0.3, -0.25) is 9.69 Å². The van der Waals surface area contributed by atoms with E-state index >= 15 is 0 Å². The number of likely N-dealkylation sites (tertiary alicyclic amines) is 1. The van der Waals surface area contributed by atoms with Gasteiger partial charge < -0.3 is 10.4 Å². The maximum absolute atomic E-state index is 12.7. The Morgan fingerprint density at radius 2 is 2.18 bits per heavy atom. The van der Waals surface area contributed by atoms with Crippen LogP contribution in [-0.2, 0) is 6.18 Å². The van der Waals surface area contributed by atoms with Crippen LogP contribution in [0.25, 0.3) is 0 Å². The highest BCUT2D eigenvalue weighted by molar-refractivity contribution is 6.33. The van der Waals surface area contributed by atoms with Crippen molar-refractivity contribution in [3.8, 4) is 0 Å². The molecule has 1 aliphatic heterocycles. The van der Waals surface area contributed by atoms with Crippen molar-refractivity contribution in [1.29, 1.82) is 0 Å². The summed E-state index contributed by atoms with van der Waals surface area (Å²) in [5, 5.41) is 11.8. The Balaban J connectivity index is 2.13. The van der Waals surface area contributed by atoms with Gasteiger partial charge in [0.15, 0.2) is 0 Å². The first kappa shape index (κ1) is 17.1. The molecule has 2 atom stereocenters. The summed E-state index contributed by atoms with van der Waals surface area (Å²) in [5.74, 6) is -0.645. The molecule has 0 unspecified atom stereocenters. The number of nitrogens with zero attached hydrogens (tertiary/aromatic N) is 1. The Morgan fingerprint density at radius 3 is 2.73 bits per heavy atom. The molecule has 0 aromatic heterocycles. The van der Waals surface area contributed by atoms with E-state index < -0.39 is 17.6 Å². The van der Waals surface area contributed by atoms with Crippen LogP contribution in [0.2, 0.25) is 5.02 Å². The van der Waals surface area contributed by atoms with Crippen molar-refractivity contribution < 1.29 is 23.1 Å². The number of carbonyl (C=O) groups is 1. The average molecular weight is 337 g/mol. The Hall–Kier alpha value is -1.31. The molecule has 2 rings (SSSR count). The van der Waals surface area contributed by atoms with Crippen molar-refractivity contribution >= 4 is 17.5 Å². The van der Waals surface area contributed by atoms with E-state index in [0.29, 0.717) is 13.0 Å². The zero-order valence-corrected chi connectivity index (χ0v) is 12.6. The fraction of sp³-hybridized carbons (Fsp3) is 0.500. The van der Waals surface area contributed by atoms with E-state index in [0.717, 1.165) is 18.2 Å². The minimum absolute atomic E-state index is 0.0319. The van der Waals surface area contributed by atoms with Crippen molar-refractivity contribution in [2.75, 3.05) is 20.2 Å². The van der Waals surface area contributed by atoms with Gasteiger partial charge in [-0.05, 0) is 31.7 Å². The summed E-state index contributed by atoms with van der Waals surface area (Å²) in [6.07, 6.45) is -4.00. The number of carbonyl (C=O) groups excluding carboxylic acids is 1.